The molecule has 0 saturated carbocycles. The van der Waals surface area contributed by atoms with E-state index < -0.39 is 10.0 Å². The molecule has 0 bridgehead atoms. The second-order valence-electron chi connectivity index (χ2n) is 6.42. The van der Waals surface area contributed by atoms with Crippen LogP contribution in [0.15, 0.2) is 71.8 Å². The second kappa shape index (κ2) is 7.69. The minimum atomic E-state index is -3.62. The van der Waals surface area contributed by atoms with Gasteiger partial charge in [-0.1, -0.05) is 36.8 Å². The molecule has 2 heterocycles. The SMILES string of the molecule is CCCc1ccc(S(=O)(=O)Nc2ccc(-c3nc4cccnc4s3)cc2)cc1. The Labute approximate surface area is 168 Å². The zero-order valence-corrected chi connectivity index (χ0v) is 16.9. The average molecular weight is 410 g/mol. The Balaban J connectivity index is 1.53. The molecule has 0 unspecified atom stereocenters. The lowest BCUT2D eigenvalue weighted by Gasteiger charge is -2.09. The third-order valence-electron chi connectivity index (χ3n) is 4.32. The van der Waals surface area contributed by atoms with Crippen molar-refractivity contribution < 1.29 is 8.42 Å². The van der Waals surface area contributed by atoms with E-state index in [1.807, 2.05) is 36.4 Å². The van der Waals surface area contributed by atoms with E-state index in [1.165, 1.54) is 11.3 Å². The van der Waals surface area contributed by atoms with Gasteiger partial charge in [0.25, 0.3) is 10.0 Å². The lowest BCUT2D eigenvalue weighted by molar-refractivity contribution is 0.601. The van der Waals surface area contributed by atoms with Crippen molar-refractivity contribution in [2.75, 3.05) is 4.72 Å². The summed E-state index contributed by atoms with van der Waals surface area (Å²) in [5, 5.41) is 0.856. The van der Waals surface area contributed by atoms with Gasteiger partial charge in [0.2, 0.25) is 0 Å². The molecule has 4 aromatic rings. The smallest absolute Gasteiger partial charge is 0.261 e. The molecule has 0 aliphatic carbocycles. The molecule has 2 aromatic heterocycles. The van der Waals surface area contributed by atoms with Crippen LogP contribution >= 0.6 is 11.3 Å². The van der Waals surface area contributed by atoms with Gasteiger partial charge in [0.05, 0.1) is 4.90 Å². The quantitative estimate of drug-likeness (QED) is 0.480. The van der Waals surface area contributed by atoms with Crippen molar-refractivity contribution in [3.05, 3.63) is 72.4 Å². The molecule has 4 rings (SSSR count). The molecule has 28 heavy (non-hydrogen) atoms. The summed E-state index contributed by atoms with van der Waals surface area (Å²) in [6, 6.07) is 18.0. The lowest BCUT2D eigenvalue weighted by atomic mass is 10.1. The molecule has 0 aliphatic heterocycles. The number of fused-ring (bicyclic) bond motifs is 1. The number of nitrogens with zero attached hydrogens (tertiary/aromatic N) is 2. The van der Waals surface area contributed by atoms with Crippen molar-refractivity contribution in [3.8, 4) is 10.6 Å². The number of thiazole rings is 1. The highest BCUT2D eigenvalue weighted by Gasteiger charge is 2.14. The average Bonchev–Trinajstić information content (AvgIpc) is 3.13. The highest BCUT2D eigenvalue weighted by atomic mass is 32.2. The zero-order valence-electron chi connectivity index (χ0n) is 15.3. The summed E-state index contributed by atoms with van der Waals surface area (Å²) in [5.41, 5.74) is 3.44. The molecule has 5 nitrogen and oxygen atoms in total. The Kier molecular flexibility index (Phi) is 5.11. The van der Waals surface area contributed by atoms with Gasteiger partial charge in [0.15, 0.2) is 0 Å². The Bertz CT molecular complexity index is 1170. The molecule has 1 N–H and O–H groups in total. The van der Waals surface area contributed by atoms with E-state index in [1.54, 1.807) is 30.5 Å². The van der Waals surface area contributed by atoms with Crippen LogP contribution in [0.3, 0.4) is 0 Å². The van der Waals surface area contributed by atoms with Crippen LogP contribution in [0.1, 0.15) is 18.9 Å². The highest BCUT2D eigenvalue weighted by molar-refractivity contribution is 7.92. The number of hydrogen-bond donors (Lipinski definition) is 1. The maximum atomic E-state index is 12.6. The van der Waals surface area contributed by atoms with Crippen LogP contribution in [0, 0.1) is 0 Å². The van der Waals surface area contributed by atoms with E-state index in [4.69, 9.17) is 0 Å². The predicted octanol–water partition coefficient (Wildman–Crippen LogP) is 5.11. The highest BCUT2D eigenvalue weighted by Crippen LogP contribution is 2.29. The molecule has 0 amide bonds. The Morgan fingerprint density at radius 2 is 1.75 bits per heavy atom. The Hall–Kier alpha value is -2.77. The van der Waals surface area contributed by atoms with Gasteiger partial charge in [-0.15, -0.1) is 0 Å². The lowest BCUT2D eigenvalue weighted by Crippen LogP contribution is -2.12. The fourth-order valence-electron chi connectivity index (χ4n) is 2.91. The number of nitrogens with one attached hydrogen (secondary N) is 1. The summed E-state index contributed by atoms with van der Waals surface area (Å²) in [5.74, 6) is 0. The Morgan fingerprint density at radius 3 is 2.43 bits per heavy atom. The van der Waals surface area contributed by atoms with Gasteiger partial charge in [0, 0.05) is 17.4 Å². The van der Waals surface area contributed by atoms with Crippen molar-refractivity contribution in [1.29, 1.82) is 0 Å². The van der Waals surface area contributed by atoms with E-state index in [0.29, 0.717) is 5.69 Å². The standard InChI is InChI=1S/C21H19N3O2S2/c1-2-4-15-6-12-18(13-7-15)28(25,26)24-17-10-8-16(9-11-17)20-23-19-5-3-14-22-21(19)27-20/h3,5-14,24H,2,4H2,1H3. The number of benzene rings is 2. The first-order valence-electron chi connectivity index (χ1n) is 8.99. The molecule has 0 spiro atoms. The van der Waals surface area contributed by atoms with Gasteiger partial charge in [-0.2, -0.15) is 0 Å². The number of rotatable bonds is 6. The maximum absolute atomic E-state index is 12.6. The van der Waals surface area contributed by atoms with Crippen molar-refractivity contribution >= 4 is 37.4 Å². The topological polar surface area (TPSA) is 72.0 Å². The van der Waals surface area contributed by atoms with Gasteiger partial charge < -0.3 is 0 Å². The van der Waals surface area contributed by atoms with Crippen molar-refractivity contribution in [2.45, 2.75) is 24.7 Å². The minimum absolute atomic E-state index is 0.258. The minimum Gasteiger partial charge on any atom is -0.280 e. The largest absolute Gasteiger partial charge is 0.280 e. The van der Waals surface area contributed by atoms with Crippen LogP contribution in [0.5, 0.6) is 0 Å². The summed E-state index contributed by atoms with van der Waals surface area (Å²) in [6.07, 6.45) is 3.72. The fraction of sp³-hybridized carbons (Fsp3) is 0.143. The molecule has 2 aromatic carbocycles. The third-order valence-corrected chi connectivity index (χ3v) is 6.75. The van der Waals surface area contributed by atoms with E-state index in [0.717, 1.165) is 39.3 Å². The maximum Gasteiger partial charge on any atom is 0.261 e. The summed E-state index contributed by atoms with van der Waals surface area (Å²) < 4.78 is 27.9. The number of hydrogen-bond acceptors (Lipinski definition) is 5. The van der Waals surface area contributed by atoms with Gasteiger partial charge >= 0.3 is 0 Å². The number of pyridine rings is 1. The van der Waals surface area contributed by atoms with Crippen LogP contribution in [0.25, 0.3) is 20.9 Å². The van der Waals surface area contributed by atoms with Crippen LogP contribution < -0.4 is 4.72 Å². The van der Waals surface area contributed by atoms with Crippen LogP contribution in [0.4, 0.5) is 5.69 Å². The van der Waals surface area contributed by atoms with Crippen molar-refractivity contribution in [1.82, 2.24) is 9.97 Å². The third kappa shape index (κ3) is 3.90. The molecule has 142 valence electrons. The second-order valence-corrected chi connectivity index (χ2v) is 9.08. The first-order valence-corrected chi connectivity index (χ1v) is 11.3. The molecular weight excluding hydrogens is 390 g/mol. The number of aromatic nitrogens is 2. The molecule has 0 atom stereocenters. The van der Waals surface area contributed by atoms with Gasteiger partial charge in [0.1, 0.15) is 15.4 Å². The first kappa shape index (κ1) is 18.6. The molecule has 7 heteroatoms. The predicted molar refractivity (Wildman–Crippen MR) is 114 cm³/mol. The first-order chi connectivity index (χ1) is 13.5. The van der Waals surface area contributed by atoms with E-state index in [-0.39, 0.29) is 4.90 Å². The number of sulfonamides is 1. The normalized spacial score (nSPS) is 11.6. The summed E-state index contributed by atoms with van der Waals surface area (Å²) in [7, 11) is -3.62. The fourth-order valence-corrected chi connectivity index (χ4v) is 4.88. The number of aryl methyl sites for hydroxylation is 1. The molecule has 0 aliphatic rings. The summed E-state index contributed by atoms with van der Waals surface area (Å²) in [4.78, 5) is 10.0. The monoisotopic (exact) mass is 409 g/mol. The molecular formula is C21H19N3O2S2. The van der Waals surface area contributed by atoms with Crippen LogP contribution in [-0.2, 0) is 16.4 Å². The summed E-state index contributed by atoms with van der Waals surface area (Å²) in [6.45, 7) is 2.10. The molecule has 0 fully saturated rings. The Morgan fingerprint density at radius 1 is 1.00 bits per heavy atom. The van der Waals surface area contributed by atoms with Crippen LogP contribution in [0.2, 0.25) is 0 Å². The van der Waals surface area contributed by atoms with E-state index >= 15 is 0 Å². The van der Waals surface area contributed by atoms with Gasteiger partial charge in [-0.3, -0.25) is 4.72 Å². The van der Waals surface area contributed by atoms with Gasteiger partial charge in [-0.25, -0.2) is 18.4 Å². The van der Waals surface area contributed by atoms with E-state index in [9.17, 15) is 8.42 Å². The van der Waals surface area contributed by atoms with E-state index in [2.05, 4.69) is 21.6 Å². The number of anilines is 1. The molecule has 0 saturated heterocycles. The van der Waals surface area contributed by atoms with Gasteiger partial charge in [-0.05, 0) is 60.5 Å². The molecule has 0 radical (unpaired) electrons. The van der Waals surface area contributed by atoms with Crippen molar-refractivity contribution in [3.63, 3.8) is 0 Å². The summed E-state index contributed by atoms with van der Waals surface area (Å²) >= 11 is 1.51. The van der Waals surface area contributed by atoms with Crippen molar-refractivity contribution in [2.24, 2.45) is 0 Å². The van der Waals surface area contributed by atoms with Crippen LogP contribution in [-0.4, -0.2) is 18.4 Å². The zero-order chi connectivity index (χ0) is 19.6.